The summed E-state index contributed by atoms with van der Waals surface area (Å²) >= 11 is 0. The third-order valence-corrected chi connectivity index (χ3v) is 3.89. The van der Waals surface area contributed by atoms with Gasteiger partial charge in [0.05, 0.1) is 0 Å². The number of fused-ring (bicyclic) bond motifs is 3. The van der Waals surface area contributed by atoms with Crippen LogP contribution < -0.4 is 5.32 Å². The number of nitrogens with zero attached hydrogens (tertiary/aromatic N) is 3. The minimum atomic E-state index is -0.434. The smallest absolute Gasteiger partial charge is 0.410 e. The van der Waals surface area contributed by atoms with Gasteiger partial charge >= 0.3 is 6.09 Å². The predicted octanol–water partition coefficient (Wildman–Crippen LogP) is 2.11. The lowest BCUT2D eigenvalue weighted by molar-refractivity contribution is 0.0115. The van der Waals surface area contributed by atoms with Crippen LogP contribution in [-0.2, 0) is 4.74 Å². The van der Waals surface area contributed by atoms with Crippen molar-refractivity contribution in [1.82, 2.24) is 14.5 Å². The van der Waals surface area contributed by atoms with Crippen LogP contribution in [0.1, 0.15) is 33.2 Å². The Morgan fingerprint density at radius 2 is 2.30 bits per heavy atom. The predicted molar refractivity (Wildman–Crippen MR) is 75.7 cm³/mol. The van der Waals surface area contributed by atoms with Gasteiger partial charge in [0, 0.05) is 44.0 Å². The van der Waals surface area contributed by atoms with E-state index in [2.05, 4.69) is 14.9 Å². The highest BCUT2D eigenvalue weighted by atomic mass is 16.6. The Hall–Kier alpha value is -1.72. The van der Waals surface area contributed by atoms with Crippen molar-refractivity contribution in [2.24, 2.45) is 5.92 Å². The van der Waals surface area contributed by atoms with Gasteiger partial charge in [0.15, 0.2) is 0 Å². The molecule has 3 rings (SSSR count). The molecule has 0 spiro atoms. The lowest BCUT2D eigenvalue weighted by atomic mass is 9.90. The number of carbonyl (C=O) groups is 1. The summed E-state index contributed by atoms with van der Waals surface area (Å²) in [6.07, 6.45) is 4.59. The maximum atomic E-state index is 12.1. The Labute approximate surface area is 119 Å². The fourth-order valence-electron chi connectivity index (χ4n) is 3.02. The van der Waals surface area contributed by atoms with Crippen molar-refractivity contribution in [3.63, 3.8) is 0 Å². The van der Waals surface area contributed by atoms with Crippen LogP contribution in [0.2, 0.25) is 0 Å². The lowest BCUT2D eigenvalue weighted by Gasteiger charge is -2.42. The maximum Gasteiger partial charge on any atom is 0.410 e. The van der Waals surface area contributed by atoms with Crippen molar-refractivity contribution in [2.75, 3.05) is 25.0 Å². The van der Waals surface area contributed by atoms with Gasteiger partial charge in [0.1, 0.15) is 5.60 Å². The number of likely N-dealkylation sites (tertiary alicyclic amines) is 1. The van der Waals surface area contributed by atoms with Gasteiger partial charge in [0.2, 0.25) is 5.95 Å². The van der Waals surface area contributed by atoms with E-state index in [1.54, 1.807) is 0 Å². The molecule has 0 saturated carbocycles. The third kappa shape index (κ3) is 2.46. The van der Waals surface area contributed by atoms with E-state index in [9.17, 15) is 4.79 Å². The second-order valence-corrected chi connectivity index (χ2v) is 6.58. The number of hydrogen-bond acceptors (Lipinski definition) is 4. The maximum absolute atomic E-state index is 12.1. The standard InChI is InChI=1S/C14H22N4O2/c1-14(2,3)20-13(19)17-6-4-11-10(9-17)8-16-12-15-5-7-18(11)12/h5,7,10-11H,4,6,8-9H2,1-3H3,(H,15,16). The molecule has 2 atom stereocenters. The van der Waals surface area contributed by atoms with Crippen LogP contribution in [0.25, 0.3) is 0 Å². The zero-order chi connectivity index (χ0) is 14.3. The zero-order valence-corrected chi connectivity index (χ0v) is 12.3. The van der Waals surface area contributed by atoms with Gasteiger partial charge in [-0.3, -0.25) is 0 Å². The number of imidazole rings is 1. The Kier molecular flexibility index (Phi) is 3.11. The number of piperidine rings is 1. The van der Waals surface area contributed by atoms with Gasteiger partial charge in [-0.2, -0.15) is 0 Å². The second-order valence-electron chi connectivity index (χ2n) is 6.58. The van der Waals surface area contributed by atoms with E-state index in [4.69, 9.17) is 4.74 Å². The van der Waals surface area contributed by atoms with Crippen molar-refractivity contribution < 1.29 is 9.53 Å². The molecule has 6 nitrogen and oxygen atoms in total. The van der Waals surface area contributed by atoms with Crippen molar-refractivity contribution >= 4 is 12.0 Å². The number of carbonyl (C=O) groups excluding carboxylic acids is 1. The molecule has 2 unspecified atom stereocenters. The molecular weight excluding hydrogens is 256 g/mol. The van der Waals surface area contributed by atoms with Gasteiger partial charge in [-0.25, -0.2) is 9.78 Å². The molecule has 1 fully saturated rings. The molecule has 0 aromatic carbocycles. The summed E-state index contributed by atoms with van der Waals surface area (Å²) in [5, 5.41) is 3.32. The summed E-state index contributed by atoms with van der Waals surface area (Å²) in [4.78, 5) is 18.3. The molecule has 1 aromatic heterocycles. The van der Waals surface area contributed by atoms with E-state index >= 15 is 0 Å². The van der Waals surface area contributed by atoms with Gasteiger partial charge in [-0.05, 0) is 27.2 Å². The second kappa shape index (κ2) is 4.68. The van der Waals surface area contributed by atoms with E-state index < -0.39 is 5.60 Å². The zero-order valence-electron chi connectivity index (χ0n) is 12.3. The number of aromatic nitrogens is 2. The summed E-state index contributed by atoms with van der Waals surface area (Å²) in [6.45, 7) is 8.05. The van der Waals surface area contributed by atoms with E-state index in [-0.39, 0.29) is 6.09 Å². The highest BCUT2D eigenvalue weighted by Crippen LogP contribution is 2.34. The minimum absolute atomic E-state index is 0.202. The molecule has 20 heavy (non-hydrogen) atoms. The number of anilines is 1. The third-order valence-electron chi connectivity index (χ3n) is 3.89. The fraction of sp³-hybridized carbons (Fsp3) is 0.714. The number of nitrogens with one attached hydrogen (secondary N) is 1. The molecule has 1 saturated heterocycles. The molecule has 2 aliphatic rings. The molecule has 0 aliphatic carbocycles. The summed E-state index contributed by atoms with van der Waals surface area (Å²) < 4.78 is 7.65. The average molecular weight is 278 g/mol. The highest BCUT2D eigenvalue weighted by molar-refractivity contribution is 5.68. The van der Waals surface area contributed by atoms with Gasteiger partial charge in [0.25, 0.3) is 0 Å². The fourth-order valence-corrected chi connectivity index (χ4v) is 3.02. The van der Waals surface area contributed by atoms with Crippen LogP contribution in [0.3, 0.4) is 0 Å². The average Bonchev–Trinajstić information content (AvgIpc) is 2.84. The summed E-state index contributed by atoms with van der Waals surface area (Å²) in [5.74, 6) is 1.36. The molecule has 3 heterocycles. The lowest BCUT2D eigenvalue weighted by Crippen LogP contribution is -2.49. The number of rotatable bonds is 0. The summed E-state index contributed by atoms with van der Waals surface area (Å²) in [7, 11) is 0. The molecule has 0 radical (unpaired) electrons. The Morgan fingerprint density at radius 1 is 1.50 bits per heavy atom. The van der Waals surface area contributed by atoms with E-state index in [1.165, 1.54) is 0 Å². The monoisotopic (exact) mass is 278 g/mol. The van der Waals surface area contributed by atoms with Gasteiger partial charge in [-0.15, -0.1) is 0 Å². The van der Waals surface area contributed by atoms with Crippen molar-refractivity contribution in [3.8, 4) is 0 Å². The van der Waals surface area contributed by atoms with Crippen molar-refractivity contribution in [3.05, 3.63) is 12.4 Å². The van der Waals surface area contributed by atoms with Crippen molar-refractivity contribution in [2.45, 2.75) is 38.8 Å². The molecule has 110 valence electrons. The highest BCUT2D eigenvalue weighted by Gasteiger charge is 2.37. The topological polar surface area (TPSA) is 59.4 Å². The minimum Gasteiger partial charge on any atom is -0.444 e. The molecule has 2 aliphatic heterocycles. The first-order valence-corrected chi connectivity index (χ1v) is 7.19. The van der Waals surface area contributed by atoms with Crippen LogP contribution in [0, 0.1) is 5.92 Å². The normalized spacial score (nSPS) is 25.4. The van der Waals surface area contributed by atoms with Crippen molar-refractivity contribution in [1.29, 1.82) is 0 Å². The molecule has 1 N–H and O–H groups in total. The largest absolute Gasteiger partial charge is 0.444 e. The Bertz CT molecular complexity index is 506. The SMILES string of the molecule is CC(C)(C)OC(=O)N1CCC2C(CNc3nccn32)C1. The number of hydrogen-bond donors (Lipinski definition) is 1. The number of ether oxygens (including phenoxy) is 1. The molecule has 1 aromatic rings. The van der Waals surface area contributed by atoms with Gasteiger partial charge < -0.3 is 19.5 Å². The quantitative estimate of drug-likeness (QED) is 0.789. The first-order valence-electron chi connectivity index (χ1n) is 7.19. The van der Waals surface area contributed by atoms with E-state index in [1.807, 2.05) is 38.1 Å². The molecule has 6 heteroatoms. The van der Waals surface area contributed by atoms with Crippen LogP contribution in [0.15, 0.2) is 12.4 Å². The summed E-state index contributed by atoms with van der Waals surface area (Å²) in [6, 6.07) is 0.437. The molecule has 0 bridgehead atoms. The van der Waals surface area contributed by atoms with Crippen LogP contribution in [0.4, 0.5) is 10.7 Å². The molecular formula is C14H22N4O2. The van der Waals surface area contributed by atoms with E-state index in [0.29, 0.717) is 12.0 Å². The van der Waals surface area contributed by atoms with Gasteiger partial charge in [-0.1, -0.05) is 0 Å². The number of amides is 1. The first kappa shape index (κ1) is 13.3. The Morgan fingerprint density at radius 3 is 3.05 bits per heavy atom. The van der Waals surface area contributed by atoms with Crippen LogP contribution in [-0.4, -0.2) is 45.8 Å². The Balaban J connectivity index is 1.67. The molecule has 1 amide bonds. The van der Waals surface area contributed by atoms with Crippen LogP contribution in [0.5, 0.6) is 0 Å². The summed E-state index contributed by atoms with van der Waals surface area (Å²) in [5.41, 5.74) is -0.434. The first-order chi connectivity index (χ1) is 9.44. The van der Waals surface area contributed by atoms with E-state index in [0.717, 1.165) is 32.0 Å². The van der Waals surface area contributed by atoms with Crippen LogP contribution >= 0.6 is 0 Å².